The maximum absolute atomic E-state index is 7.17. The molecule has 7 aromatic rings. The van der Waals surface area contributed by atoms with E-state index >= 15 is 0 Å². The van der Waals surface area contributed by atoms with Crippen LogP contribution in [0.3, 0.4) is 0 Å². The van der Waals surface area contributed by atoms with Crippen molar-refractivity contribution in [1.29, 1.82) is 0 Å². The predicted octanol–water partition coefficient (Wildman–Crippen LogP) is 14.7. The van der Waals surface area contributed by atoms with E-state index in [4.69, 9.17) is 4.74 Å². The van der Waals surface area contributed by atoms with Gasteiger partial charge in [-0.3, -0.25) is 0 Å². The highest BCUT2D eigenvalue weighted by atomic mass is 32.2. The van der Waals surface area contributed by atoms with Crippen molar-refractivity contribution in [2.75, 3.05) is 0 Å². The maximum atomic E-state index is 7.17. The third-order valence-electron chi connectivity index (χ3n) is 12.8. The topological polar surface area (TPSA) is 9.23 Å². The van der Waals surface area contributed by atoms with E-state index in [0.717, 1.165) is 17.1 Å². The highest BCUT2D eigenvalue weighted by molar-refractivity contribution is 8.05. The van der Waals surface area contributed by atoms with E-state index in [-0.39, 0.29) is 16.2 Å². The second-order valence-corrected chi connectivity index (χ2v) is 19.0. The number of hydrogen-bond acceptors (Lipinski definition) is 3. The van der Waals surface area contributed by atoms with Gasteiger partial charge in [-0.25, -0.2) is 0 Å². The molecule has 54 heavy (non-hydrogen) atoms. The fourth-order valence-corrected chi connectivity index (χ4v) is 12.2. The molecule has 3 heteroatoms. The predicted molar refractivity (Wildman–Crippen MR) is 226 cm³/mol. The molecule has 4 aliphatic rings. The van der Waals surface area contributed by atoms with E-state index in [0.29, 0.717) is 0 Å². The number of para-hydroxylation sites is 1. The second-order valence-electron chi connectivity index (χ2n) is 16.9. The quantitative estimate of drug-likeness (QED) is 0.175. The minimum absolute atomic E-state index is 0.0801. The zero-order valence-electron chi connectivity index (χ0n) is 31.4. The molecule has 0 saturated carbocycles. The van der Waals surface area contributed by atoms with Crippen LogP contribution >= 0.6 is 23.5 Å². The van der Waals surface area contributed by atoms with Crippen LogP contribution in [0.25, 0.3) is 44.5 Å². The Morgan fingerprint density at radius 1 is 0.370 bits per heavy atom. The van der Waals surface area contributed by atoms with Gasteiger partial charge in [0.15, 0.2) is 0 Å². The van der Waals surface area contributed by atoms with Crippen molar-refractivity contribution < 1.29 is 4.74 Å². The molecule has 262 valence electrons. The van der Waals surface area contributed by atoms with E-state index in [1.54, 1.807) is 0 Å². The minimum Gasteiger partial charge on any atom is -0.455 e. The Bertz CT molecular complexity index is 2770. The Hall–Kier alpha value is -4.96. The summed E-state index contributed by atoms with van der Waals surface area (Å²) >= 11 is 3.83. The van der Waals surface area contributed by atoms with Crippen LogP contribution in [0.4, 0.5) is 0 Å². The molecular weight excluding hydrogens is 693 g/mol. The molecule has 1 nitrogen and oxygen atoms in total. The fourth-order valence-electron chi connectivity index (χ4n) is 9.80. The molecule has 0 spiro atoms. The summed E-state index contributed by atoms with van der Waals surface area (Å²) in [7, 11) is 0. The van der Waals surface area contributed by atoms with Crippen molar-refractivity contribution in [3.8, 4) is 56.0 Å². The van der Waals surface area contributed by atoms with Crippen LogP contribution in [0.2, 0.25) is 0 Å². The van der Waals surface area contributed by atoms with Crippen LogP contribution in [-0.4, -0.2) is 0 Å². The lowest BCUT2D eigenvalue weighted by Gasteiger charge is -2.37. The first-order valence-corrected chi connectivity index (χ1v) is 20.6. The molecule has 0 amide bonds. The Morgan fingerprint density at radius 2 is 0.926 bits per heavy atom. The van der Waals surface area contributed by atoms with Gasteiger partial charge in [0.25, 0.3) is 0 Å². The van der Waals surface area contributed by atoms with Gasteiger partial charge < -0.3 is 4.74 Å². The Morgan fingerprint density at radius 3 is 1.74 bits per heavy atom. The summed E-state index contributed by atoms with van der Waals surface area (Å²) in [5.41, 5.74) is 17.7. The second kappa shape index (κ2) is 11.1. The summed E-state index contributed by atoms with van der Waals surface area (Å²) < 4.78 is 7.17. The van der Waals surface area contributed by atoms with Crippen LogP contribution in [0.1, 0.15) is 74.9 Å². The van der Waals surface area contributed by atoms with Crippen molar-refractivity contribution in [2.24, 2.45) is 0 Å². The molecule has 0 atom stereocenters. The van der Waals surface area contributed by atoms with Crippen molar-refractivity contribution in [1.82, 2.24) is 0 Å². The molecule has 7 aromatic carbocycles. The SMILES string of the molecule is CC1(C)c2cccc(-c3ccc(-c4ccc5c(c4)C(C)(C)c4ccc6c(c4-5)Sc4ccccc4S6)cc3)c2Oc2c1ccc1c2-c2ccccc2C1(C)C. The number of rotatable bonds is 2. The summed E-state index contributed by atoms with van der Waals surface area (Å²) in [5, 5.41) is 0. The fraction of sp³-hybridized carbons (Fsp3) is 0.176. The van der Waals surface area contributed by atoms with Crippen molar-refractivity contribution >= 4 is 23.5 Å². The van der Waals surface area contributed by atoms with Crippen LogP contribution in [0.15, 0.2) is 153 Å². The molecule has 2 heterocycles. The monoisotopic (exact) mass is 732 g/mol. The van der Waals surface area contributed by atoms with E-state index in [9.17, 15) is 0 Å². The van der Waals surface area contributed by atoms with Crippen LogP contribution in [0, 0.1) is 0 Å². The Balaban J connectivity index is 0.968. The third-order valence-corrected chi connectivity index (χ3v) is 15.4. The average molecular weight is 733 g/mol. The van der Waals surface area contributed by atoms with E-state index in [2.05, 4.69) is 175 Å². The van der Waals surface area contributed by atoms with Gasteiger partial charge in [0, 0.05) is 63.6 Å². The van der Waals surface area contributed by atoms with Gasteiger partial charge in [0.05, 0.1) is 0 Å². The lowest BCUT2D eigenvalue weighted by molar-refractivity contribution is 0.420. The molecular formula is C51H40OS2. The average Bonchev–Trinajstić information content (AvgIpc) is 3.56. The van der Waals surface area contributed by atoms with Crippen LogP contribution in [-0.2, 0) is 16.2 Å². The molecule has 2 aliphatic heterocycles. The minimum atomic E-state index is -0.218. The van der Waals surface area contributed by atoms with Crippen LogP contribution in [0.5, 0.6) is 11.5 Å². The Labute approximate surface area is 326 Å². The van der Waals surface area contributed by atoms with Gasteiger partial charge in [-0.2, -0.15) is 0 Å². The van der Waals surface area contributed by atoms with Crippen molar-refractivity contribution in [3.05, 3.63) is 167 Å². The van der Waals surface area contributed by atoms with E-state index in [1.807, 2.05) is 23.5 Å². The smallest absolute Gasteiger partial charge is 0.139 e. The summed E-state index contributed by atoms with van der Waals surface area (Å²) in [6.07, 6.45) is 0. The number of benzene rings is 7. The van der Waals surface area contributed by atoms with Gasteiger partial charge in [0.1, 0.15) is 11.5 Å². The first kappa shape index (κ1) is 32.5. The van der Waals surface area contributed by atoms with Crippen molar-refractivity contribution in [2.45, 2.75) is 77.4 Å². The number of hydrogen-bond donors (Lipinski definition) is 0. The molecule has 0 bridgehead atoms. The molecule has 0 unspecified atom stereocenters. The third kappa shape index (κ3) is 4.31. The molecule has 0 aromatic heterocycles. The standard InChI is InChI=1S/C51H40OS2/c1-49(2)35-14-8-7-12-33(35)44-36(49)24-25-39-47(44)52-46-32(13-11-15-38(46)51(39,5)6)30-20-18-29(19-21-30)31-22-23-34-40(28-31)50(3,4)37-26-27-43-48(45(34)37)54-42-17-10-9-16-41(42)53-43/h7-28H,1-6H3. The largest absolute Gasteiger partial charge is 0.455 e. The highest BCUT2D eigenvalue weighted by Gasteiger charge is 2.43. The van der Waals surface area contributed by atoms with Gasteiger partial charge in [-0.1, -0.05) is 174 Å². The van der Waals surface area contributed by atoms with Gasteiger partial charge in [-0.05, 0) is 74.3 Å². The normalized spacial score (nSPS) is 16.8. The number of ether oxygens (including phenoxy) is 1. The zero-order chi connectivity index (χ0) is 36.7. The first-order chi connectivity index (χ1) is 26.0. The molecule has 0 N–H and O–H groups in total. The van der Waals surface area contributed by atoms with Crippen LogP contribution < -0.4 is 4.74 Å². The molecule has 2 aliphatic carbocycles. The summed E-state index contributed by atoms with van der Waals surface area (Å²) in [5.74, 6) is 1.98. The lowest BCUT2D eigenvalue weighted by atomic mass is 9.73. The summed E-state index contributed by atoms with van der Waals surface area (Å²) in [6.45, 7) is 14.1. The zero-order valence-corrected chi connectivity index (χ0v) is 33.1. The highest BCUT2D eigenvalue weighted by Crippen LogP contribution is 2.61. The first-order valence-electron chi connectivity index (χ1n) is 19.0. The van der Waals surface area contributed by atoms with Crippen molar-refractivity contribution in [3.63, 3.8) is 0 Å². The maximum Gasteiger partial charge on any atom is 0.139 e. The van der Waals surface area contributed by atoms with E-state index < -0.39 is 0 Å². The van der Waals surface area contributed by atoms with Gasteiger partial charge in [-0.15, -0.1) is 0 Å². The van der Waals surface area contributed by atoms with E-state index in [1.165, 1.54) is 91.9 Å². The lowest BCUT2D eigenvalue weighted by Crippen LogP contribution is -2.25. The number of fused-ring (bicyclic) bond motifs is 12. The molecule has 0 saturated heterocycles. The molecule has 0 radical (unpaired) electrons. The molecule has 11 rings (SSSR count). The van der Waals surface area contributed by atoms with Gasteiger partial charge in [0.2, 0.25) is 0 Å². The Kier molecular flexibility index (Phi) is 6.65. The molecule has 0 fully saturated rings. The summed E-state index contributed by atoms with van der Waals surface area (Å²) in [6, 6.07) is 50.0. The van der Waals surface area contributed by atoms with Gasteiger partial charge >= 0.3 is 0 Å². The summed E-state index contributed by atoms with van der Waals surface area (Å²) in [4.78, 5) is 5.46.